The standard InChI is InChI=1S/C12H14ClNO6S/c13-10-5-4-8(7-9(10)12(17)18)21(19,20)14-6-2-1-3-11(15)16/h4-5,7,14H,1-3,6H2,(H,15,16)(H,17,18). The van der Waals surface area contributed by atoms with Crippen molar-refractivity contribution in [3.8, 4) is 0 Å². The van der Waals surface area contributed by atoms with Crippen LogP contribution in [0.5, 0.6) is 0 Å². The molecule has 1 aromatic carbocycles. The lowest BCUT2D eigenvalue weighted by molar-refractivity contribution is -0.137. The van der Waals surface area contributed by atoms with Gasteiger partial charge in [-0.05, 0) is 31.0 Å². The number of hydrogen-bond donors (Lipinski definition) is 3. The van der Waals surface area contributed by atoms with Crippen molar-refractivity contribution in [3.05, 3.63) is 28.8 Å². The van der Waals surface area contributed by atoms with Crippen LogP contribution in [0.2, 0.25) is 5.02 Å². The third kappa shape index (κ3) is 5.33. The number of benzene rings is 1. The first kappa shape index (κ1) is 17.4. The fourth-order valence-electron chi connectivity index (χ4n) is 1.53. The number of aromatic carboxylic acids is 1. The number of rotatable bonds is 8. The summed E-state index contributed by atoms with van der Waals surface area (Å²) in [6.07, 6.45) is 0.676. The normalized spacial score (nSPS) is 11.3. The van der Waals surface area contributed by atoms with Crippen molar-refractivity contribution >= 4 is 33.6 Å². The van der Waals surface area contributed by atoms with E-state index in [4.69, 9.17) is 21.8 Å². The molecule has 0 aromatic heterocycles. The molecule has 0 saturated heterocycles. The molecule has 116 valence electrons. The Hall–Kier alpha value is -1.64. The van der Waals surface area contributed by atoms with Crippen molar-refractivity contribution in [2.75, 3.05) is 6.54 Å². The summed E-state index contributed by atoms with van der Waals surface area (Å²) in [6.45, 7) is 0.0701. The van der Waals surface area contributed by atoms with Crippen LogP contribution >= 0.6 is 11.6 Å². The van der Waals surface area contributed by atoms with Gasteiger partial charge in [-0.1, -0.05) is 11.6 Å². The van der Waals surface area contributed by atoms with Gasteiger partial charge >= 0.3 is 11.9 Å². The summed E-state index contributed by atoms with van der Waals surface area (Å²) < 4.78 is 26.2. The van der Waals surface area contributed by atoms with Crippen LogP contribution in [0.3, 0.4) is 0 Å². The van der Waals surface area contributed by atoms with Crippen LogP contribution in [0, 0.1) is 0 Å². The van der Waals surface area contributed by atoms with E-state index in [1.54, 1.807) is 0 Å². The van der Waals surface area contributed by atoms with E-state index in [1.165, 1.54) is 12.1 Å². The lowest BCUT2D eigenvalue weighted by atomic mass is 10.2. The van der Waals surface area contributed by atoms with Crippen molar-refractivity contribution in [2.24, 2.45) is 0 Å². The highest BCUT2D eigenvalue weighted by Crippen LogP contribution is 2.20. The summed E-state index contributed by atoms with van der Waals surface area (Å²) in [5.74, 6) is -2.26. The zero-order valence-electron chi connectivity index (χ0n) is 10.9. The largest absolute Gasteiger partial charge is 0.481 e. The number of nitrogens with one attached hydrogen (secondary N) is 1. The number of carboxylic acids is 2. The van der Waals surface area contributed by atoms with Crippen LogP contribution in [0.4, 0.5) is 0 Å². The van der Waals surface area contributed by atoms with Gasteiger partial charge in [-0.2, -0.15) is 0 Å². The number of aliphatic carboxylic acids is 1. The van der Waals surface area contributed by atoms with E-state index in [0.29, 0.717) is 12.8 Å². The van der Waals surface area contributed by atoms with Crippen LogP contribution in [-0.4, -0.2) is 37.1 Å². The fourth-order valence-corrected chi connectivity index (χ4v) is 2.82. The van der Waals surface area contributed by atoms with Crippen molar-refractivity contribution < 1.29 is 28.2 Å². The highest BCUT2D eigenvalue weighted by atomic mass is 35.5. The molecule has 1 rings (SSSR count). The van der Waals surface area contributed by atoms with Gasteiger partial charge in [-0.25, -0.2) is 17.9 Å². The molecule has 9 heteroatoms. The molecule has 0 aliphatic rings. The minimum absolute atomic E-state index is 0.0359. The molecule has 0 heterocycles. The van der Waals surface area contributed by atoms with E-state index < -0.39 is 22.0 Å². The second kappa shape index (κ2) is 7.39. The third-order valence-corrected chi connectivity index (χ3v) is 4.38. The van der Waals surface area contributed by atoms with Gasteiger partial charge in [0.15, 0.2) is 0 Å². The van der Waals surface area contributed by atoms with Crippen LogP contribution < -0.4 is 4.72 Å². The molecule has 0 aliphatic carbocycles. The molecule has 0 amide bonds. The monoisotopic (exact) mass is 335 g/mol. The van der Waals surface area contributed by atoms with Crippen LogP contribution in [0.1, 0.15) is 29.6 Å². The first-order valence-corrected chi connectivity index (χ1v) is 7.84. The lowest BCUT2D eigenvalue weighted by Gasteiger charge is -2.08. The molecular weight excluding hydrogens is 322 g/mol. The number of hydrogen-bond acceptors (Lipinski definition) is 4. The maximum atomic E-state index is 12.0. The van der Waals surface area contributed by atoms with Crippen molar-refractivity contribution in [2.45, 2.75) is 24.2 Å². The zero-order valence-corrected chi connectivity index (χ0v) is 12.4. The van der Waals surface area contributed by atoms with Crippen LogP contribution in [0.25, 0.3) is 0 Å². The lowest BCUT2D eigenvalue weighted by Crippen LogP contribution is -2.25. The number of sulfonamides is 1. The van der Waals surface area contributed by atoms with Crippen molar-refractivity contribution in [1.82, 2.24) is 4.72 Å². The Bertz CT molecular complexity index is 643. The van der Waals surface area contributed by atoms with E-state index in [2.05, 4.69) is 4.72 Å². The minimum Gasteiger partial charge on any atom is -0.481 e. The van der Waals surface area contributed by atoms with Crippen LogP contribution in [0.15, 0.2) is 23.1 Å². The van der Waals surface area contributed by atoms with E-state index >= 15 is 0 Å². The summed E-state index contributed by atoms with van der Waals surface area (Å²) in [6, 6.07) is 3.38. The summed E-state index contributed by atoms with van der Waals surface area (Å²) in [7, 11) is -3.85. The van der Waals surface area contributed by atoms with E-state index in [1.807, 2.05) is 0 Å². The first-order chi connectivity index (χ1) is 9.74. The molecule has 7 nitrogen and oxygen atoms in total. The maximum Gasteiger partial charge on any atom is 0.337 e. The summed E-state index contributed by atoms with van der Waals surface area (Å²) in [4.78, 5) is 21.0. The van der Waals surface area contributed by atoms with Gasteiger partial charge < -0.3 is 10.2 Å². The molecule has 21 heavy (non-hydrogen) atoms. The van der Waals surface area contributed by atoms with Crippen molar-refractivity contribution in [3.63, 3.8) is 0 Å². The molecule has 1 aromatic rings. The topological polar surface area (TPSA) is 121 Å². The van der Waals surface area contributed by atoms with Crippen LogP contribution in [-0.2, 0) is 14.8 Å². The highest BCUT2D eigenvalue weighted by molar-refractivity contribution is 7.89. The molecule has 0 aliphatic heterocycles. The van der Waals surface area contributed by atoms with E-state index in [-0.39, 0.29) is 28.4 Å². The van der Waals surface area contributed by atoms with Crippen molar-refractivity contribution in [1.29, 1.82) is 0 Å². The van der Waals surface area contributed by atoms with Gasteiger partial charge in [0, 0.05) is 13.0 Å². The SMILES string of the molecule is O=C(O)CCCCNS(=O)(=O)c1ccc(Cl)c(C(=O)O)c1. The number of carbonyl (C=O) groups is 2. The summed E-state index contributed by atoms with van der Waals surface area (Å²) in [5.41, 5.74) is -0.301. The number of unbranched alkanes of at least 4 members (excludes halogenated alkanes) is 1. The molecular formula is C12H14ClNO6S. The molecule has 0 radical (unpaired) electrons. The molecule has 0 unspecified atom stereocenters. The highest BCUT2D eigenvalue weighted by Gasteiger charge is 2.17. The average molecular weight is 336 g/mol. The van der Waals surface area contributed by atoms with Gasteiger partial charge in [-0.3, -0.25) is 4.79 Å². The summed E-state index contributed by atoms with van der Waals surface area (Å²) >= 11 is 5.66. The first-order valence-electron chi connectivity index (χ1n) is 5.98. The number of carboxylic acid groups (broad SMARTS) is 2. The fraction of sp³-hybridized carbons (Fsp3) is 0.333. The Morgan fingerprint density at radius 2 is 1.86 bits per heavy atom. The van der Waals surface area contributed by atoms with E-state index in [9.17, 15) is 18.0 Å². The Morgan fingerprint density at radius 3 is 2.43 bits per heavy atom. The Kier molecular flexibility index (Phi) is 6.13. The van der Waals surface area contributed by atoms with Gasteiger partial charge in [-0.15, -0.1) is 0 Å². The predicted octanol–water partition coefficient (Wildman–Crippen LogP) is 1.57. The van der Waals surface area contributed by atoms with Gasteiger partial charge in [0.25, 0.3) is 0 Å². The molecule has 0 atom stereocenters. The molecule has 0 fully saturated rings. The predicted molar refractivity (Wildman–Crippen MR) is 75.1 cm³/mol. The number of halogens is 1. The Morgan fingerprint density at radius 1 is 1.19 bits per heavy atom. The smallest absolute Gasteiger partial charge is 0.337 e. The summed E-state index contributed by atoms with van der Waals surface area (Å²) in [5, 5.41) is 17.3. The second-order valence-electron chi connectivity index (χ2n) is 4.20. The molecule has 3 N–H and O–H groups in total. The quantitative estimate of drug-likeness (QED) is 0.620. The second-order valence-corrected chi connectivity index (χ2v) is 6.37. The maximum absolute atomic E-state index is 12.0. The van der Waals surface area contributed by atoms with Gasteiger partial charge in [0.2, 0.25) is 10.0 Å². The van der Waals surface area contributed by atoms with Gasteiger partial charge in [0.1, 0.15) is 0 Å². The Balaban J connectivity index is 2.72. The molecule has 0 bridgehead atoms. The minimum atomic E-state index is -3.85. The Labute approximate surface area is 126 Å². The average Bonchev–Trinajstić information content (AvgIpc) is 2.37. The van der Waals surface area contributed by atoms with Gasteiger partial charge in [0.05, 0.1) is 15.5 Å². The van der Waals surface area contributed by atoms with E-state index in [0.717, 1.165) is 6.07 Å². The molecule has 0 saturated carbocycles. The third-order valence-electron chi connectivity index (χ3n) is 2.59. The molecule has 0 spiro atoms. The zero-order chi connectivity index (χ0) is 16.0.